The third kappa shape index (κ3) is 3.68. The lowest BCUT2D eigenvalue weighted by molar-refractivity contribution is 0.112. The summed E-state index contributed by atoms with van der Waals surface area (Å²) in [6, 6.07) is 4.50. The van der Waals surface area contributed by atoms with Gasteiger partial charge < -0.3 is 14.8 Å². The second-order valence-electron chi connectivity index (χ2n) is 4.03. The Balaban J connectivity index is 2.90. The van der Waals surface area contributed by atoms with Crippen molar-refractivity contribution in [1.29, 1.82) is 0 Å². The molecule has 0 spiro atoms. The number of carbonyl (C=O) groups excluding carboxylic acids is 1. The van der Waals surface area contributed by atoms with Crippen LogP contribution in [0.5, 0.6) is 5.75 Å². The van der Waals surface area contributed by atoms with Crippen molar-refractivity contribution in [3.8, 4) is 5.75 Å². The standard InChI is InChI=1S/C11H15BO4/c1-8(2)7-16-11-4-9(6-13)3-10(5-11)12(14)15/h3-6,8,14-15H,7H2,1-2H3. The largest absolute Gasteiger partial charge is 0.493 e. The molecule has 0 aliphatic carbocycles. The average molecular weight is 222 g/mol. The molecular weight excluding hydrogens is 207 g/mol. The number of hydrogen-bond acceptors (Lipinski definition) is 4. The van der Waals surface area contributed by atoms with E-state index in [1.807, 2.05) is 13.8 Å². The van der Waals surface area contributed by atoms with Gasteiger partial charge in [-0.15, -0.1) is 0 Å². The van der Waals surface area contributed by atoms with Crippen LogP contribution in [-0.2, 0) is 0 Å². The summed E-state index contributed by atoms with van der Waals surface area (Å²) in [6.07, 6.45) is 0.647. The molecule has 86 valence electrons. The third-order valence-electron chi connectivity index (χ3n) is 1.97. The maximum Gasteiger partial charge on any atom is 0.488 e. The highest BCUT2D eigenvalue weighted by molar-refractivity contribution is 6.58. The van der Waals surface area contributed by atoms with Crippen LogP contribution in [0.15, 0.2) is 18.2 Å². The molecule has 0 fully saturated rings. The Labute approximate surface area is 95.0 Å². The van der Waals surface area contributed by atoms with E-state index in [1.54, 1.807) is 6.07 Å². The van der Waals surface area contributed by atoms with E-state index in [-0.39, 0.29) is 5.46 Å². The van der Waals surface area contributed by atoms with Gasteiger partial charge in [0.25, 0.3) is 0 Å². The molecule has 0 radical (unpaired) electrons. The van der Waals surface area contributed by atoms with E-state index in [0.717, 1.165) is 0 Å². The van der Waals surface area contributed by atoms with Crippen molar-refractivity contribution < 1.29 is 19.6 Å². The van der Waals surface area contributed by atoms with Gasteiger partial charge in [0.15, 0.2) is 0 Å². The lowest BCUT2D eigenvalue weighted by Gasteiger charge is -2.10. The number of aldehydes is 1. The van der Waals surface area contributed by atoms with Gasteiger partial charge in [0.2, 0.25) is 0 Å². The highest BCUT2D eigenvalue weighted by atomic mass is 16.5. The zero-order valence-electron chi connectivity index (χ0n) is 9.38. The molecule has 0 bridgehead atoms. The topological polar surface area (TPSA) is 66.8 Å². The van der Waals surface area contributed by atoms with Crippen LogP contribution < -0.4 is 10.2 Å². The summed E-state index contributed by atoms with van der Waals surface area (Å²) >= 11 is 0. The molecule has 2 N–H and O–H groups in total. The summed E-state index contributed by atoms with van der Waals surface area (Å²) in [4.78, 5) is 10.7. The first-order valence-electron chi connectivity index (χ1n) is 5.12. The fourth-order valence-electron chi connectivity index (χ4n) is 1.21. The van der Waals surface area contributed by atoms with Gasteiger partial charge in [-0.3, -0.25) is 4.79 Å². The number of ether oxygens (including phenoxy) is 1. The van der Waals surface area contributed by atoms with Gasteiger partial charge in [-0.25, -0.2) is 0 Å². The number of benzene rings is 1. The monoisotopic (exact) mass is 222 g/mol. The van der Waals surface area contributed by atoms with E-state index in [1.165, 1.54) is 12.1 Å². The highest BCUT2D eigenvalue weighted by Crippen LogP contribution is 2.12. The van der Waals surface area contributed by atoms with Gasteiger partial charge in [-0.05, 0) is 23.5 Å². The normalized spacial score (nSPS) is 10.3. The summed E-state index contributed by atoms with van der Waals surface area (Å²) in [5.74, 6) is 0.837. The second-order valence-corrected chi connectivity index (χ2v) is 4.03. The van der Waals surface area contributed by atoms with E-state index in [2.05, 4.69) is 0 Å². The Hall–Kier alpha value is -1.33. The molecule has 4 nitrogen and oxygen atoms in total. The third-order valence-corrected chi connectivity index (χ3v) is 1.97. The van der Waals surface area contributed by atoms with Crippen LogP contribution >= 0.6 is 0 Å². The van der Waals surface area contributed by atoms with Crippen molar-refractivity contribution in [2.24, 2.45) is 5.92 Å². The minimum absolute atomic E-state index is 0.253. The molecule has 5 heteroatoms. The second kappa shape index (κ2) is 5.68. The summed E-state index contributed by atoms with van der Waals surface area (Å²) in [6.45, 7) is 4.53. The van der Waals surface area contributed by atoms with Crippen molar-refractivity contribution in [2.45, 2.75) is 13.8 Å². The molecule has 0 aliphatic rings. The van der Waals surface area contributed by atoms with E-state index >= 15 is 0 Å². The van der Waals surface area contributed by atoms with Crippen LogP contribution in [0.2, 0.25) is 0 Å². The molecule has 1 aromatic rings. The summed E-state index contributed by atoms with van der Waals surface area (Å²) in [5.41, 5.74) is 0.618. The van der Waals surface area contributed by atoms with Crippen molar-refractivity contribution in [2.75, 3.05) is 6.61 Å². The zero-order valence-corrected chi connectivity index (χ0v) is 9.38. The van der Waals surface area contributed by atoms with Crippen molar-refractivity contribution in [3.05, 3.63) is 23.8 Å². The van der Waals surface area contributed by atoms with Crippen LogP contribution in [0, 0.1) is 5.92 Å². The Morgan fingerprint density at radius 2 is 2.06 bits per heavy atom. The molecule has 0 saturated heterocycles. The Bertz CT molecular complexity index is 363. The molecule has 0 aliphatic heterocycles. The van der Waals surface area contributed by atoms with Crippen molar-refractivity contribution >= 4 is 18.9 Å². The first kappa shape index (κ1) is 12.7. The van der Waals surface area contributed by atoms with E-state index in [4.69, 9.17) is 14.8 Å². The maximum absolute atomic E-state index is 10.7. The first-order chi connectivity index (χ1) is 7.52. The van der Waals surface area contributed by atoms with Gasteiger partial charge in [-0.2, -0.15) is 0 Å². The van der Waals surface area contributed by atoms with Crippen LogP contribution in [0.3, 0.4) is 0 Å². The summed E-state index contributed by atoms with van der Waals surface area (Å²) in [7, 11) is -1.60. The summed E-state index contributed by atoms with van der Waals surface area (Å²) in [5, 5.41) is 18.1. The number of hydrogen-bond donors (Lipinski definition) is 2. The van der Waals surface area contributed by atoms with Gasteiger partial charge in [-0.1, -0.05) is 19.9 Å². The Kier molecular flexibility index (Phi) is 4.52. The minimum atomic E-state index is -1.60. The molecule has 0 aromatic heterocycles. The van der Waals surface area contributed by atoms with Gasteiger partial charge >= 0.3 is 7.12 Å². The summed E-state index contributed by atoms with van der Waals surface area (Å²) < 4.78 is 5.42. The first-order valence-corrected chi connectivity index (χ1v) is 5.12. The Morgan fingerprint density at radius 1 is 1.38 bits per heavy atom. The Morgan fingerprint density at radius 3 is 2.56 bits per heavy atom. The van der Waals surface area contributed by atoms with Crippen LogP contribution in [0.4, 0.5) is 0 Å². The maximum atomic E-state index is 10.7. The van der Waals surface area contributed by atoms with Gasteiger partial charge in [0.1, 0.15) is 12.0 Å². The SMILES string of the molecule is CC(C)COc1cc(C=O)cc(B(O)O)c1. The van der Waals surface area contributed by atoms with Crippen LogP contribution in [0.1, 0.15) is 24.2 Å². The molecule has 1 aromatic carbocycles. The minimum Gasteiger partial charge on any atom is -0.493 e. The smallest absolute Gasteiger partial charge is 0.488 e. The fourth-order valence-corrected chi connectivity index (χ4v) is 1.21. The number of carbonyl (C=O) groups is 1. The van der Waals surface area contributed by atoms with E-state index in [9.17, 15) is 4.79 Å². The quantitative estimate of drug-likeness (QED) is 0.552. The zero-order chi connectivity index (χ0) is 12.1. The molecular formula is C11H15BO4. The number of rotatable bonds is 5. The van der Waals surface area contributed by atoms with Crippen LogP contribution in [0.25, 0.3) is 0 Å². The molecule has 0 atom stereocenters. The van der Waals surface area contributed by atoms with E-state index in [0.29, 0.717) is 30.1 Å². The predicted molar refractivity (Wildman–Crippen MR) is 62.0 cm³/mol. The lowest BCUT2D eigenvalue weighted by Crippen LogP contribution is -2.30. The van der Waals surface area contributed by atoms with Crippen LogP contribution in [-0.4, -0.2) is 30.1 Å². The molecule has 0 saturated carbocycles. The van der Waals surface area contributed by atoms with E-state index < -0.39 is 7.12 Å². The molecule has 1 rings (SSSR count). The highest BCUT2D eigenvalue weighted by Gasteiger charge is 2.13. The predicted octanol–water partition coefficient (Wildman–Crippen LogP) is 0.214. The molecule has 16 heavy (non-hydrogen) atoms. The van der Waals surface area contributed by atoms with Gasteiger partial charge in [0.05, 0.1) is 6.61 Å². The van der Waals surface area contributed by atoms with Crippen molar-refractivity contribution in [3.63, 3.8) is 0 Å². The lowest BCUT2D eigenvalue weighted by atomic mass is 9.79. The van der Waals surface area contributed by atoms with Gasteiger partial charge in [0, 0.05) is 5.56 Å². The molecule has 0 heterocycles. The van der Waals surface area contributed by atoms with Crippen molar-refractivity contribution in [1.82, 2.24) is 0 Å². The molecule has 0 amide bonds. The molecule has 0 unspecified atom stereocenters. The average Bonchev–Trinajstić information content (AvgIpc) is 2.25. The fraction of sp³-hybridized carbons (Fsp3) is 0.364.